The minimum Gasteiger partial charge on any atom is -0.480 e. The summed E-state index contributed by atoms with van der Waals surface area (Å²) in [5.41, 5.74) is 1.59. The van der Waals surface area contributed by atoms with Crippen LogP contribution in [0, 0.1) is 0 Å². The maximum absolute atomic E-state index is 12.0. The summed E-state index contributed by atoms with van der Waals surface area (Å²) in [6.45, 7) is 5.70. The summed E-state index contributed by atoms with van der Waals surface area (Å²) < 4.78 is 5.08. The number of carboxylic acids is 1. The summed E-state index contributed by atoms with van der Waals surface area (Å²) in [5, 5.41) is 11.5. The quantitative estimate of drug-likeness (QED) is 0.539. The van der Waals surface area contributed by atoms with Crippen molar-refractivity contribution in [3.05, 3.63) is 48.0 Å². The molecule has 0 fully saturated rings. The van der Waals surface area contributed by atoms with Gasteiger partial charge in [-0.1, -0.05) is 31.6 Å². The van der Waals surface area contributed by atoms with Gasteiger partial charge in [-0.25, -0.2) is 4.79 Å². The van der Waals surface area contributed by atoms with Crippen LogP contribution in [0.3, 0.4) is 0 Å². The van der Waals surface area contributed by atoms with Crippen molar-refractivity contribution < 1.29 is 19.4 Å². The number of benzene rings is 1. The van der Waals surface area contributed by atoms with Gasteiger partial charge in [0.1, 0.15) is 0 Å². The summed E-state index contributed by atoms with van der Waals surface area (Å²) in [7, 11) is 0. The Morgan fingerprint density at radius 2 is 2.05 bits per heavy atom. The zero-order valence-corrected chi connectivity index (χ0v) is 12.2. The molecule has 0 radical (unpaired) electrons. The number of ether oxygens (including phenoxy) is 1. The molecule has 114 valence electrons. The van der Waals surface area contributed by atoms with Gasteiger partial charge in [0.25, 0.3) is 5.91 Å². The van der Waals surface area contributed by atoms with E-state index in [2.05, 4.69) is 18.8 Å². The van der Waals surface area contributed by atoms with Crippen molar-refractivity contribution in [2.24, 2.45) is 0 Å². The summed E-state index contributed by atoms with van der Waals surface area (Å²) >= 11 is 0. The van der Waals surface area contributed by atoms with Crippen LogP contribution in [0.4, 0.5) is 0 Å². The molecule has 1 aromatic carbocycles. The molecule has 1 aromatic rings. The van der Waals surface area contributed by atoms with E-state index in [1.807, 2.05) is 12.1 Å². The second kappa shape index (κ2) is 8.92. The van der Waals surface area contributed by atoms with Crippen LogP contribution in [-0.4, -0.2) is 36.2 Å². The summed E-state index contributed by atoms with van der Waals surface area (Å²) in [6.07, 6.45) is 3.51. The molecule has 0 aliphatic carbocycles. The molecule has 0 aliphatic rings. The van der Waals surface area contributed by atoms with Crippen LogP contribution in [0.1, 0.15) is 29.3 Å². The third-order valence-electron chi connectivity index (χ3n) is 2.88. The maximum Gasteiger partial charge on any atom is 0.328 e. The van der Waals surface area contributed by atoms with E-state index in [9.17, 15) is 9.59 Å². The Balaban J connectivity index is 2.63. The molecule has 0 bridgehead atoms. The second-order valence-electron chi connectivity index (χ2n) is 4.64. The fraction of sp³-hybridized carbons (Fsp3) is 0.375. The number of carbonyl (C=O) groups is 2. The first-order chi connectivity index (χ1) is 10.1. The molecule has 5 nitrogen and oxygen atoms in total. The Bertz CT molecular complexity index is 482. The SMILES string of the molecule is C=CCOCC(NC(=O)c1ccc(CCC)cc1)C(=O)O. The van der Waals surface area contributed by atoms with Gasteiger partial charge < -0.3 is 15.2 Å². The van der Waals surface area contributed by atoms with Crippen LogP contribution in [-0.2, 0) is 16.0 Å². The van der Waals surface area contributed by atoms with Gasteiger partial charge in [0.15, 0.2) is 6.04 Å². The number of aliphatic carboxylic acids is 1. The number of carboxylic acid groups (broad SMARTS) is 1. The molecule has 0 saturated carbocycles. The predicted octanol–water partition coefficient (Wildman–Crippen LogP) is 2.02. The van der Waals surface area contributed by atoms with Gasteiger partial charge >= 0.3 is 5.97 Å². The Kier molecular flexibility index (Phi) is 7.18. The average molecular weight is 291 g/mol. The number of nitrogens with one attached hydrogen (secondary N) is 1. The van der Waals surface area contributed by atoms with Crippen molar-refractivity contribution in [1.29, 1.82) is 0 Å². The smallest absolute Gasteiger partial charge is 0.328 e. The molecule has 0 saturated heterocycles. The van der Waals surface area contributed by atoms with Gasteiger partial charge in [-0.2, -0.15) is 0 Å². The van der Waals surface area contributed by atoms with Crippen molar-refractivity contribution >= 4 is 11.9 Å². The van der Waals surface area contributed by atoms with E-state index in [-0.39, 0.29) is 13.2 Å². The Hall–Kier alpha value is -2.14. The zero-order valence-electron chi connectivity index (χ0n) is 12.2. The molecule has 2 N–H and O–H groups in total. The Morgan fingerprint density at radius 3 is 2.57 bits per heavy atom. The number of carbonyl (C=O) groups excluding carboxylic acids is 1. The van der Waals surface area contributed by atoms with E-state index in [4.69, 9.17) is 9.84 Å². The minimum atomic E-state index is -1.13. The zero-order chi connectivity index (χ0) is 15.7. The molecule has 0 heterocycles. The van der Waals surface area contributed by atoms with Crippen LogP contribution >= 0.6 is 0 Å². The van der Waals surface area contributed by atoms with E-state index in [1.54, 1.807) is 12.1 Å². The lowest BCUT2D eigenvalue weighted by atomic mass is 10.1. The highest BCUT2D eigenvalue weighted by molar-refractivity contribution is 5.96. The van der Waals surface area contributed by atoms with Gasteiger partial charge in [-0.05, 0) is 24.1 Å². The molecular weight excluding hydrogens is 270 g/mol. The average Bonchev–Trinajstić information content (AvgIpc) is 2.47. The minimum absolute atomic E-state index is 0.0962. The Labute approximate surface area is 124 Å². The lowest BCUT2D eigenvalue weighted by Gasteiger charge is -2.14. The van der Waals surface area contributed by atoms with Gasteiger partial charge in [0.2, 0.25) is 0 Å². The largest absolute Gasteiger partial charge is 0.480 e. The van der Waals surface area contributed by atoms with E-state index in [1.165, 1.54) is 6.08 Å². The molecule has 0 spiro atoms. The lowest BCUT2D eigenvalue weighted by molar-refractivity contribution is -0.140. The van der Waals surface area contributed by atoms with Crippen LogP contribution < -0.4 is 5.32 Å². The first-order valence-electron chi connectivity index (χ1n) is 6.89. The Morgan fingerprint density at radius 1 is 1.38 bits per heavy atom. The number of amides is 1. The molecule has 21 heavy (non-hydrogen) atoms. The summed E-state index contributed by atoms with van der Waals surface area (Å²) in [5.74, 6) is -1.55. The fourth-order valence-corrected chi connectivity index (χ4v) is 1.80. The number of aryl methyl sites for hydroxylation is 1. The molecule has 1 rings (SSSR count). The van der Waals surface area contributed by atoms with Crippen molar-refractivity contribution in [2.75, 3.05) is 13.2 Å². The molecule has 1 atom stereocenters. The van der Waals surface area contributed by atoms with Gasteiger partial charge in [0, 0.05) is 5.56 Å². The molecule has 0 aliphatic heterocycles. The maximum atomic E-state index is 12.0. The van der Waals surface area contributed by atoms with Crippen LogP contribution in [0.15, 0.2) is 36.9 Å². The summed E-state index contributed by atoms with van der Waals surface area (Å²) in [4.78, 5) is 23.1. The van der Waals surface area contributed by atoms with E-state index < -0.39 is 17.9 Å². The highest BCUT2D eigenvalue weighted by Gasteiger charge is 2.20. The molecule has 1 unspecified atom stereocenters. The van der Waals surface area contributed by atoms with E-state index in [0.717, 1.165) is 18.4 Å². The standard InChI is InChI=1S/C16H21NO4/c1-3-5-12-6-8-13(9-7-12)15(18)17-14(16(19)20)11-21-10-4-2/h4,6-9,14H,2-3,5,10-11H2,1H3,(H,17,18)(H,19,20). The first kappa shape index (κ1) is 16.9. The molecule has 0 aromatic heterocycles. The van der Waals surface area contributed by atoms with Gasteiger partial charge in [0.05, 0.1) is 13.2 Å². The number of hydrogen-bond acceptors (Lipinski definition) is 3. The summed E-state index contributed by atoms with van der Waals surface area (Å²) in [6, 6.07) is 6.08. The van der Waals surface area contributed by atoms with Gasteiger partial charge in [-0.15, -0.1) is 6.58 Å². The van der Waals surface area contributed by atoms with Crippen molar-refractivity contribution in [3.8, 4) is 0 Å². The van der Waals surface area contributed by atoms with Gasteiger partial charge in [-0.3, -0.25) is 4.79 Å². The highest BCUT2D eigenvalue weighted by atomic mass is 16.5. The topological polar surface area (TPSA) is 75.6 Å². The third kappa shape index (κ3) is 5.79. The van der Waals surface area contributed by atoms with Crippen molar-refractivity contribution in [1.82, 2.24) is 5.32 Å². The second-order valence-corrected chi connectivity index (χ2v) is 4.64. The highest BCUT2D eigenvalue weighted by Crippen LogP contribution is 2.07. The normalized spacial score (nSPS) is 11.7. The first-order valence-corrected chi connectivity index (χ1v) is 6.89. The monoisotopic (exact) mass is 291 g/mol. The number of rotatable bonds is 9. The van der Waals surface area contributed by atoms with Crippen LogP contribution in [0.2, 0.25) is 0 Å². The number of hydrogen-bond donors (Lipinski definition) is 2. The molecular formula is C16H21NO4. The van der Waals surface area contributed by atoms with Crippen molar-refractivity contribution in [3.63, 3.8) is 0 Å². The lowest BCUT2D eigenvalue weighted by Crippen LogP contribution is -2.44. The molecule has 1 amide bonds. The van der Waals surface area contributed by atoms with Crippen LogP contribution in [0.5, 0.6) is 0 Å². The predicted molar refractivity (Wildman–Crippen MR) is 80.3 cm³/mol. The van der Waals surface area contributed by atoms with Crippen LogP contribution in [0.25, 0.3) is 0 Å². The van der Waals surface area contributed by atoms with Crippen molar-refractivity contribution in [2.45, 2.75) is 25.8 Å². The third-order valence-corrected chi connectivity index (χ3v) is 2.88. The van der Waals surface area contributed by atoms with E-state index >= 15 is 0 Å². The van der Waals surface area contributed by atoms with E-state index in [0.29, 0.717) is 5.56 Å². The fourth-order valence-electron chi connectivity index (χ4n) is 1.80. The molecule has 5 heteroatoms.